The highest BCUT2D eigenvalue weighted by Gasteiger charge is 2.17. The van der Waals surface area contributed by atoms with E-state index in [0.717, 1.165) is 27.7 Å². The van der Waals surface area contributed by atoms with Crippen molar-refractivity contribution in [3.8, 4) is 0 Å². The molecule has 1 N–H and O–H groups in total. The van der Waals surface area contributed by atoms with Gasteiger partial charge in [-0.25, -0.2) is 0 Å². The third-order valence-electron chi connectivity index (χ3n) is 4.36. The first-order valence-corrected chi connectivity index (χ1v) is 8.54. The Labute approximate surface area is 147 Å². The Hall–Kier alpha value is -2.26. The number of nitrogens with zero attached hydrogens (tertiary/aromatic N) is 1. The van der Waals surface area contributed by atoms with Crippen LogP contribution >= 0.6 is 11.6 Å². The van der Waals surface area contributed by atoms with E-state index in [9.17, 15) is 4.79 Å². The number of fused-ring (bicyclic) bond motifs is 1. The Morgan fingerprint density at radius 2 is 1.92 bits per heavy atom. The maximum absolute atomic E-state index is 12.8. The van der Waals surface area contributed by atoms with E-state index >= 15 is 0 Å². The maximum atomic E-state index is 12.8. The summed E-state index contributed by atoms with van der Waals surface area (Å²) >= 11 is 6.12. The van der Waals surface area contributed by atoms with Crippen LogP contribution < -0.4 is 0 Å². The smallest absolute Gasteiger partial charge is 0.227 e. The molecule has 0 fully saturated rings. The fourth-order valence-corrected chi connectivity index (χ4v) is 3.20. The number of hydrogen-bond acceptors (Lipinski definition) is 1. The average Bonchev–Trinajstić information content (AvgIpc) is 2.89. The average molecular weight is 341 g/mol. The highest BCUT2D eigenvalue weighted by molar-refractivity contribution is 6.31. The Bertz CT molecular complexity index is 855. The molecule has 3 rings (SSSR count). The van der Waals surface area contributed by atoms with Crippen molar-refractivity contribution in [2.75, 3.05) is 6.54 Å². The van der Waals surface area contributed by atoms with Gasteiger partial charge >= 0.3 is 0 Å². The molecule has 1 aromatic heterocycles. The van der Waals surface area contributed by atoms with E-state index in [-0.39, 0.29) is 5.91 Å². The van der Waals surface area contributed by atoms with Gasteiger partial charge in [0.2, 0.25) is 5.91 Å². The van der Waals surface area contributed by atoms with E-state index < -0.39 is 0 Å². The molecule has 0 unspecified atom stereocenters. The second kappa shape index (κ2) is 7.10. The quantitative estimate of drug-likeness (QED) is 0.716. The standard InChI is InChI=1S/C20H21ClN2O/c1-3-23(13-15-7-5-4-6-8-15)20(24)12-17-14(2)22-19-10-9-16(21)11-18(17)19/h4-11,22H,3,12-13H2,1-2H3. The number of H-pyrrole nitrogens is 1. The van der Waals surface area contributed by atoms with Crippen molar-refractivity contribution in [2.45, 2.75) is 26.8 Å². The van der Waals surface area contributed by atoms with Crippen molar-refractivity contribution in [3.63, 3.8) is 0 Å². The van der Waals surface area contributed by atoms with Crippen LogP contribution in [0.15, 0.2) is 48.5 Å². The molecule has 0 saturated carbocycles. The highest BCUT2D eigenvalue weighted by Crippen LogP contribution is 2.26. The van der Waals surface area contributed by atoms with E-state index in [1.807, 2.05) is 67.3 Å². The van der Waals surface area contributed by atoms with Gasteiger partial charge in [0.05, 0.1) is 6.42 Å². The molecule has 0 spiro atoms. The zero-order chi connectivity index (χ0) is 17.1. The lowest BCUT2D eigenvalue weighted by molar-refractivity contribution is -0.130. The van der Waals surface area contributed by atoms with Gasteiger partial charge < -0.3 is 9.88 Å². The number of aromatic nitrogens is 1. The molecule has 24 heavy (non-hydrogen) atoms. The second-order valence-electron chi connectivity index (χ2n) is 5.99. The molecule has 0 saturated heterocycles. The van der Waals surface area contributed by atoms with Crippen molar-refractivity contribution < 1.29 is 4.79 Å². The molecule has 1 heterocycles. The van der Waals surface area contributed by atoms with Crippen molar-refractivity contribution in [1.29, 1.82) is 0 Å². The molecular weight excluding hydrogens is 320 g/mol. The first-order valence-electron chi connectivity index (χ1n) is 8.17. The van der Waals surface area contributed by atoms with Crippen molar-refractivity contribution in [3.05, 3.63) is 70.4 Å². The predicted octanol–water partition coefficient (Wildman–Crippen LogP) is 4.72. The number of aryl methyl sites for hydroxylation is 1. The van der Waals surface area contributed by atoms with Gasteiger partial charge in [-0.2, -0.15) is 0 Å². The molecule has 0 aliphatic rings. The van der Waals surface area contributed by atoms with Gasteiger partial charge in [0.1, 0.15) is 0 Å². The Kier molecular flexibility index (Phi) is 4.91. The number of halogens is 1. The highest BCUT2D eigenvalue weighted by atomic mass is 35.5. The van der Waals surface area contributed by atoms with Crippen LogP contribution in [0, 0.1) is 6.92 Å². The normalized spacial score (nSPS) is 11.0. The summed E-state index contributed by atoms with van der Waals surface area (Å²) in [5.74, 6) is 0.130. The molecule has 0 atom stereocenters. The van der Waals surface area contributed by atoms with E-state index in [2.05, 4.69) is 4.98 Å². The number of nitrogens with one attached hydrogen (secondary N) is 1. The van der Waals surface area contributed by atoms with E-state index in [4.69, 9.17) is 11.6 Å². The Morgan fingerprint density at radius 3 is 2.62 bits per heavy atom. The van der Waals surface area contributed by atoms with Crippen molar-refractivity contribution >= 4 is 28.4 Å². The number of benzene rings is 2. The predicted molar refractivity (Wildman–Crippen MR) is 99.3 cm³/mol. The molecule has 0 radical (unpaired) electrons. The first kappa shape index (κ1) is 16.6. The number of rotatable bonds is 5. The Balaban J connectivity index is 1.83. The minimum absolute atomic E-state index is 0.130. The van der Waals surface area contributed by atoms with Gasteiger partial charge in [-0.1, -0.05) is 41.9 Å². The number of amides is 1. The summed E-state index contributed by atoms with van der Waals surface area (Å²) in [5.41, 5.74) is 4.22. The lowest BCUT2D eigenvalue weighted by atomic mass is 10.1. The number of aromatic amines is 1. The van der Waals surface area contributed by atoms with Crippen LogP contribution in [0.4, 0.5) is 0 Å². The SMILES string of the molecule is CCN(Cc1ccccc1)C(=O)Cc1c(C)[nH]c2ccc(Cl)cc12. The van der Waals surface area contributed by atoms with Crippen LogP contribution in [0.5, 0.6) is 0 Å². The fourth-order valence-electron chi connectivity index (χ4n) is 3.03. The van der Waals surface area contributed by atoms with Crippen molar-refractivity contribution in [2.24, 2.45) is 0 Å². The lowest BCUT2D eigenvalue weighted by Crippen LogP contribution is -2.31. The zero-order valence-corrected chi connectivity index (χ0v) is 14.7. The summed E-state index contributed by atoms with van der Waals surface area (Å²) in [6.07, 6.45) is 0.382. The summed E-state index contributed by atoms with van der Waals surface area (Å²) in [4.78, 5) is 18.0. The molecular formula is C20H21ClN2O. The van der Waals surface area contributed by atoms with Crippen LogP contribution in [-0.2, 0) is 17.8 Å². The molecule has 0 aliphatic heterocycles. The molecule has 1 amide bonds. The van der Waals surface area contributed by atoms with Crippen LogP contribution in [-0.4, -0.2) is 22.3 Å². The number of carbonyl (C=O) groups excluding carboxylic acids is 1. The van der Waals surface area contributed by atoms with Crippen molar-refractivity contribution in [1.82, 2.24) is 9.88 Å². The minimum Gasteiger partial charge on any atom is -0.358 e. The first-order chi connectivity index (χ1) is 11.6. The van der Waals surface area contributed by atoms with Gasteiger partial charge in [-0.15, -0.1) is 0 Å². The van der Waals surface area contributed by atoms with Crippen LogP contribution in [0.3, 0.4) is 0 Å². The summed E-state index contributed by atoms with van der Waals surface area (Å²) in [7, 11) is 0. The second-order valence-corrected chi connectivity index (χ2v) is 6.43. The summed E-state index contributed by atoms with van der Waals surface area (Å²) < 4.78 is 0. The molecule has 124 valence electrons. The zero-order valence-electron chi connectivity index (χ0n) is 14.0. The number of likely N-dealkylation sites (N-methyl/N-ethyl adjacent to an activating group) is 1. The summed E-state index contributed by atoms with van der Waals surface area (Å²) in [6, 6.07) is 15.8. The fraction of sp³-hybridized carbons (Fsp3) is 0.250. The topological polar surface area (TPSA) is 36.1 Å². The molecule has 3 aromatic rings. The molecule has 0 aliphatic carbocycles. The molecule has 2 aromatic carbocycles. The van der Waals surface area contributed by atoms with E-state index in [1.165, 1.54) is 0 Å². The van der Waals surface area contributed by atoms with E-state index in [0.29, 0.717) is 24.5 Å². The lowest BCUT2D eigenvalue weighted by Gasteiger charge is -2.21. The summed E-state index contributed by atoms with van der Waals surface area (Å²) in [6.45, 7) is 5.35. The number of carbonyl (C=O) groups is 1. The number of hydrogen-bond donors (Lipinski definition) is 1. The molecule has 4 heteroatoms. The van der Waals surface area contributed by atoms with Gasteiger partial charge in [0.15, 0.2) is 0 Å². The van der Waals surface area contributed by atoms with Crippen LogP contribution in [0.2, 0.25) is 5.02 Å². The largest absolute Gasteiger partial charge is 0.358 e. The van der Waals surface area contributed by atoms with Gasteiger partial charge in [-0.05, 0) is 43.2 Å². The monoisotopic (exact) mass is 340 g/mol. The van der Waals surface area contributed by atoms with Crippen LogP contribution in [0.1, 0.15) is 23.7 Å². The van der Waals surface area contributed by atoms with E-state index in [1.54, 1.807) is 0 Å². The summed E-state index contributed by atoms with van der Waals surface area (Å²) in [5, 5.41) is 1.72. The van der Waals surface area contributed by atoms with Gasteiger partial charge in [0.25, 0.3) is 0 Å². The third-order valence-corrected chi connectivity index (χ3v) is 4.60. The van der Waals surface area contributed by atoms with Crippen LogP contribution in [0.25, 0.3) is 10.9 Å². The molecule has 0 bridgehead atoms. The minimum atomic E-state index is 0.130. The molecule has 3 nitrogen and oxygen atoms in total. The Morgan fingerprint density at radius 1 is 1.17 bits per heavy atom. The third kappa shape index (κ3) is 3.46. The van der Waals surface area contributed by atoms with Gasteiger partial charge in [0, 0.05) is 34.7 Å². The van der Waals surface area contributed by atoms with Gasteiger partial charge in [-0.3, -0.25) is 4.79 Å². The maximum Gasteiger partial charge on any atom is 0.227 e.